The minimum absolute atomic E-state index is 0.00624. The first-order valence-electron chi connectivity index (χ1n) is 12.1. The molecule has 0 aliphatic carbocycles. The van der Waals surface area contributed by atoms with Crippen LogP contribution in [0.1, 0.15) is 23.6 Å². The zero-order valence-electron chi connectivity index (χ0n) is 20.7. The third-order valence-corrected chi connectivity index (χ3v) is 9.24. The zero-order valence-corrected chi connectivity index (χ0v) is 23.9. The zero-order chi connectivity index (χ0) is 27.3. The molecule has 1 saturated heterocycles. The summed E-state index contributed by atoms with van der Waals surface area (Å²) in [5, 5.41) is 3.36. The van der Waals surface area contributed by atoms with E-state index in [0.29, 0.717) is 17.3 Å². The molecular weight excluding hydrogens is 597 g/mol. The summed E-state index contributed by atoms with van der Waals surface area (Å²) in [7, 11) is -2.46. The molecule has 1 unspecified atom stereocenters. The van der Waals surface area contributed by atoms with Gasteiger partial charge in [0.15, 0.2) is 0 Å². The second-order valence-electron chi connectivity index (χ2n) is 8.89. The normalized spacial score (nSPS) is 15.2. The number of sulfonamides is 1. The van der Waals surface area contributed by atoms with Crippen molar-refractivity contribution in [2.45, 2.75) is 23.8 Å². The van der Waals surface area contributed by atoms with Gasteiger partial charge in [-0.25, -0.2) is 17.6 Å². The fourth-order valence-electron chi connectivity index (χ4n) is 4.37. The first-order chi connectivity index (χ1) is 18.2. The molecule has 3 aromatic rings. The number of rotatable bonds is 8. The highest BCUT2D eigenvalue weighted by molar-refractivity contribution is 9.10. The Kier molecular flexibility index (Phi) is 9.30. The number of amides is 2. The van der Waals surface area contributed by atoms with Crippen LogP contribution in [-0.2, 0) is 16.4 Å². The van der Waals surface area contributed by atoms with Gasteiger partial charge < -0.3 is 15.0 Å². The molecule has 38 heavy (non-hydrogen) atoms. The van der Waals surface area contributed by atoms with E-state index < -0.39 is 10.0 Å². The van der Waals surface area contributed by atoms with E-state index in [-0.39, 0.29) is 59.7 Å². The van der Waals surface area contributed by atoms with E-state index in [1.54, 1.807) is 23.1 Å². The van der Waals surface area contributed by atoms with Crippen molar-refractivity contribution < 1.29 is 22.3 Å². The van der Waals surface area contributed by atoms with Crippen LogP contribution in [0.4, 0.5) is 9.18 Å². The van der Waals surface area contributed by atoms with Gasteiger partial charge in [-0.15, -0.1) is 0 Å². The molecule has 3 aromatic carbocycles. The molecule has 202 valence electrons. The summed E-state index contributed by atoms with van der Waals surface area (Å²) in [6.07, 6.45) is 1.32. The van der Waals surface area contributed by atoms with Crippen molar-refractivity contribution in [2.24, 2.45) is 0 Å². The minimum Gasteiger partial charge on any atom is -0.495 e. The number of ether oxygens (including phenoxy) is 1. The van der Waals surface area contributed by atoms with Gasteiger partial charge in [0, 0.05) is 31.2 Å². The molecule has 0 aromatic heterocycles. The Morgan fingerprint density at radius 1 is 1.08 bits per heavy atom. The second-order valence-corrected chi connectivity index (χ2v) is 12.1. The lowest BCUT2D eigenvalue weighted by Gasteiger charge is -2.35. The molecular formula is C27H28BrClFN3O4S. The maximum absolute atomic E-state index is 13.9. The van der Waals surface area contributed by atoms with Gasteiger partial charge in [0.1, 0.15) is 16.5 Å². The number of piperazine rings is 1. The van der Waals surface area contributed by atoms with Crippen LogP contribution in [-0.4, -0.2) is 56.9 Å². The Morgan fingerprint density at radius 3 is 2.45 bits per heavy atom. The predicted octanol–water partition coefficient (Wildman–Crippen LogP) is 5.64. The highest BCUT2D eigenvalue weighted by Crippen LogP contribution is 2.30. The Bertz CT molecular complexity index is 1390. The van der Waals surface area contributed by atoms with Crippen molar-refractivity contribution in [3.63, 3.8) is 0 Å². The van der Waals surface area contributed by atoms with Crippen LogP contribution in [0, 0.1) is 5.82 Å². The maximum Gasteiger partial charge on any atom is 0.317 e. The van der Waals surface area contributed by atoms with Gasteiger partial charge in [0.05, 0.1) is 17.6 Å². The standard InChI is InChI=1S/C27H28BrClFN3O4S/c1-37-25-12-9-21(29)18-26(25)38(35,36)33-15-13-32(14-16-33)27(34)31-24(11-7-19-5-3-2-4-6-19)20-8-10-23(30)22(28)17-20/h2-6,8-10,12,17-18,24H,7,11,13-16H2,1H3,(H,31,34). The maximum atomic E-state index is 13.9. The molecule has 0 bridgehead atoms. The first kappa shape index (κ1) is 28.4. The van der Waals surface area contributed by atoms with Gasteiger partial charge in [0.2, 0.25) is 10.0 Å². The number of hydrogen-bond donors (Lipinski definition) is 1. The van der Waals surface area contributed by atoms with E-state index in [2.05, 4.69) is 21.2 Å². The molecule has 1 heterocycles. The lowest BCUT2D eigenvalue weighted by Crippen LogP contribution is -2.53. The highest BCUT2D eigenvalue weighted by atomic mass is 79.9. The summed E-state index contributed by atoms with van der Waals surface area (Å²) in [6, 6.07) is 18.4. The topological polar surface area (TPSA) is 79.0 Å². The van der Waals surface area contributed by atoms with Gasteiger partial charge in [0.25, 0.3) is 0 Å². The Hall–Kier alpha value is -2.66. The van der Waals surface area contributed by atoms with E-state index in [1.165, 1.54) is 29.6 Å². The van der Waals surface area contributed by atoms with Crippen LogP contribution < -0.4 is 10.1 Å². The summed E-state index contributed by atoms with van der Waals surface area (Å²) in [5.74, 6) is -0.170. The number of nitrogens with zero attached hydrogens (tertiary/aromatic N) is 2. The van der Waals surface area contributed by atoms with Gasteiger partial charge in [-0.05, 0) is 70.2 Å². The first-order valence-corrected chi connectivity index (χ1v) is 14.7. The van der Waals surface area contributed by atoms with Crippen LogP contribution >= 0.6 is 27.5 Å². The summed E-state index contributed by atoms with van der Waals surface area (Å²) in [5.41, 5.74) is 1.90. The van der Waals surface area contributed by atoms with Crippen molar-refractivity contribution in [1.82, 2.24) is 14.5 Å². The van der Waals surface area contributed by atoms with E-state index in [1.807, 2.05) is 30.3 Å². The second kappa shape index (κ2) is 12.5. The van der Waals surface area contributed by atoms with Gasteiger partial charge in [-0.2, -0.15) is 4.31 Å². The van der Waals surface area contributed by atoms with Crippen LogP contribution in [0.15, 0.2) is 76.1 Å². The number of methoxy groups -OCH3 is 1. The quantitative estimate of drug-likeness (QED) is 0.352. The van der Waals surface area contributed by atoms with E-state index in [0.717, 1.165) is 11.1 Å². The molecule has 1 N–H and O–H groups in total. The molecule has 7 nitrogen and oxygen atoms in total. The average molecular weight is 625 g/mol. The number of aryl methyl sites for hydroxylation is 1. The largest absolute Gasteiger partial charge is 0.495 e. The summed E-state index contributed by atoms with van der Waals surface area (Å²) in [6.45, 7) is 0.684. The average Bonchev–Trinajstić information content (AvgIpc) is 2.93. The summed E-state index contributed by atoms with van der Waals surface area (Å²) in [4.78, 5) is 14.8. The van der Waals surface area contributed by atoms with E-state index in [9.17, 15) is 17.6 Å². The fourth-order valence-corrected chi connectivity index (χ4v) is 6.61. The Morgan fingerprint density at radius 2 is 1.79 bits per heavy atom. The molecule has 11 heteroatoms. The summed E-state index contributed by atoms with van der Waals surface area (Å²) < 4.78 is 47.3. The molecule has 0 saturated carbocycles. The number of hydrogen-bond acceptors (Lipinski definition) is 4. The number of urea groups is 1. The summed E-state index contributed by atoms with van der Waals surface area (Å²) >= 11 is 9.28. The molecule has 1 aliphatic rings. The Labute approximate surface area is 235 Å². The molecule has 1 aliphatic heterocycles. The predicted molar refractivity (Wildman–Crippen MR) is 148 cm³/mol. The molecule has 0 radical (unpaired) electrons. The van der Waals surface area contributed by atoms with Crippen molar-refractivity contribution in [3.05, 3.63) is 93.2 Å². The lowest BCUT2D eigenvalue weighted by molar-refractivity contribution is 0.168. The molecule has 4 rings (SSSR count). The number of nitrogens with one attached hydrogen (secondary N) is 1. The number of benzene rings is 3. The van der Waals surface area contributed by atoms with Crippen molar-refractivity contribution in [2.75, 3.05) is 33.3 Å². The molecule has 1 atom stereocenters. The van der Waals surface area contributed by atoms with Crippen molar-refractivity contribution in [3.8, 4) is 5.75 Å². The van der Waals surface area contributed by atoms with E-state index in [4.69, 9.17) is 16.3 Å². The van der Waals surface area contributed by atoms with Crippen molar-refractivity contribution in [1.29, 1.82) is 0 Å². The lowest BCUT2D eigenvalue weighted by atomic mass is 9.99. The third-order valence-electron chi connectivity index (χ3n) is 6.48. The third kappa shape index (κ3) is 6.66. The fraction of sp³-hybridized carbons (Fsp3) is 0.296. The number of carbonyl (C=O) groups excluding carboxylic acids is 1. The molecule has 2 amide bonds. The number of halogens is 3. The minimum atomic E-state index is -3.87. The monoisotopic (exact) mass is 623 g/mol. The SMILES string of the molecule is COc1ccc(Cl)cc1S(=O)(=O)N1CCN(C(=O)NC(CCc2ccccc2)c2ccc(F)c(Br)c2)CC1. The van der Waals surface area contributed by atoms with Crippen LogP contribution in [0.25, 0.3) is 0 Å². The van der Waals surface area contributed by atoms with Gasteiger partial charge in [-0.1, -0.05) is 48.0 Å². The van der Waals surface area contributed by atoms with Crippen LogP contribution in [0.2, 0.25) is 5.02 Å². The Balaban J connectivity index is 1.44. The van der Waals surface area contributed by atoms with E-state index >= 15 is 0 Å². The molecule has 1 fully saturated rings. The highest BCUT2D eigenvalue weighted by Gasteiger charge is 2.33. The van der Waals surface area contributed by atoms with Crippen LogP contribution in [0.3, 0.4) is 0 Å². The van der Waals surface area contributed by atoms with Gasteiger partial charge in [-0.3, -0.25) is 0 Å². The number of carbonyl (C=O) groups is 1. The van der Waals surface area contributed by atoms with Crippen LogP contribution in [0.5, 0.6) is 5.75 Å². The van der Waals surface area contributed by atoms with Gasteiger partial charge >= 0.3 is 6.03 Å². The molecule has 0 spiro atoms. The smallest absolute Gasteiger partial charge is 0.317 e. The van der Waals surface area contributed by atoms with Crippen molar-refractivity contribution >= 4 is 43.6 Å².